The largest absolute Gasteiger partial charge is 0.314 e. The van der Waals surface area contributed by atoms with Crippen LogP contribution in [0.2, 0.25) is 0 Å². The molecular formula is C18H31N3. The molecule has 3 rings (SSSR count). The lowest BCUT2D eigenvalue weighted by Gasteiger charge is -2.22. The molecule has 0 spiro atoms. The van der Waals surface area contributed by atoms with Gasteiger partial charge in [0, 0.05) is 12.2 Å². The minimum absolute atomic E-state index is 0.671. The molecule has 0 aromatic carbocycles. The van der Waals surface area contributed by atoms with Crippen LogP contribution >= 0.6 is 0 Å². The summed E-state index contributed by atoms with van der Waals surface area (Å²) in [4.78, 5) is 0. The van der Waals surface area contributed by atoms with E-state index in [1.54, 1.807) is 0 Å². The third-order valence-corrected chi connectivity index (χ3v) is 5.17. The second-order valence-electron chi connectivity index (χ2n) is 7.02. The van der Waals surface area contributed by atoms with Crippen molar-refractivity contribution in [1.82, 2.24) is 15.1 Å². The van der Waals surface area contributed by atoms with E-state index in [0.29, 0.717) is 6.04 Å². The molecule has 0 saturated heterocycles. The summed E-state index contributed by atoms with van der Waals surface area (Å²) in [5.41, 5.74) is 1.30. The Labute approximate surface area is 129 Å². The molecule has 3 heteroatoms. The molecule has 0 bridgehead atoms. The molecule has 2 fully saturated rings. The van der Waals surface area contributed by atoms with Crippen molar-refractivity contribution in [2.75, 3.05) is 6.54 Å². The summed E-state index contributed by atoms with van der Waals surface area (Å²) in [7, 11) is 0. The predicted molar refractivity (Wildman–Crippen MR) is 87.5 cm³/mol. The first kappa shape index (κ1) is 15.1. The number of aromatic nitrogens is 2. The van der Waals surface area contributed by atoms with Crippen molar-refractivity contribution in [3.05, 3.63) is 18.0 Å². The van der Waals surface area contributed by atoms with E-state index in [1.807, 2.05) is 0 Å². The Balaban J connectivity index is 1.49. The molecule has 1 heterocycles. The Bertz CT molecular complexity index is 416. The van der Waals surface area contributed by atoms with Gasteiger partial charge in [-0.1, -0.05) is 26.2 Å². The quantitative estimate of drug-likeness (QED) is 0.781. The highest BCUT2D eigenvalue weighted by atomic mass is 15.3. The van der Waals surface area contributed by atoms with Crippen LogP contribution in [0.25, 0.3) is 0 Å². The molecule has 0 aliphatic heterocycles. The summed E-state index contributed by atoms with van der Waals surface area (Å²) in [5, 5.41) is 8.59. The summed E-state index contributed by atoms with van der Waals surface area (Å²) in [6, 6.07) is 3.65. The van der Waals surface area contributed by atoms with Gasteiger partial charge in [0.1, 0.15) is 0 Å². The highest BCUT2D eigenvalue weighted by molar-refractivity contribution is 5.02. The van der Waals surface area contributed by atoms with Crippen molar-refractivity contribution in [2.24, 2.45) is 5.92 Å². The van der Waals surface area contributed by atoms with Crippen LogP contribution in [0, 0.1) is 5.92 Å². The second kappa shape index (κ2) is 7.44. The van der Waals surface area contributed by atoms with Crippen molar-refractivity contribution in [3.63, 3.8) is 0 Å². The van der Waals surface area contributed by atoms with E-state index < -0.39 is 0 Å². The average Bonchev–Trinajstić information content (AvgIpc) is 3.26. The van der Waals surface area contributed by atoms with Crippen LogP contribution in [0.5, 0.6) is 0 Å². The molecule has 2 aliphatic carbocycles. The van der Waals surface area contributed by atoms with E-state index in [0.717, 1.165) is 24.9 Å². The van der Waals surface area contributed by atoms with Crippen LogP contribution in [0.1, 0.15) is 76.4 Å². The van der Waals surface area contributed by atoms with E-state index in [9.17, 15) is 0 Å². The van der Waals surface area contributed by atoms with Crippen LogP contribution in [0.15, 0.2) is 12.3 Å². The first-order chi connectivity index (χ1) is 10.4. The van der Waals surface area contributed by atoms with Gasteiger partial charge in [0.2, 0.25) is 0 Å². The van der Waals surface area contributed by atoms with Crippen LogP contribution in [-0.4, -0.2) is 22.4 Å². The van der Waals surface area contributed by atoms with Gasteiger partial charge in [-0.3, -0.25) is 4.68 Å². The highest BCUT2D eigenvalue weighted by Crippen LogP contribution is 2.34. The number of hydrogen-bond acceptors (Lipinski definition) is 2. The molecule has 21 heavy (non-hydrogen) atoms. The smallest absolute Gasteiger partial charge is 0.0625 e. The molecule has 1 unspecified atom stereocenters. The van der Waals surface area contributed by atoms with Crippen LogP contribution in [0.3, 0.4) is 0 Å². The number of rotatable bonds is 8. The summed E-state index contributed by atoms with van der Waals surface area (Å²) in [6.07, 6.45) is 15.5. The molecule has 2 aliphatic rings. The first-order valence-electron chi connectivity index (χ1n) is 9.14. The fraction of sp³-hybridized carbons (Fsp3) is 0.833. The van der Waals surface area contributed by atoms with Crippen molar-refractivity contribution >= 4 is 0 Å². The molecule has 1 N–H and O–H groups in total. The first-order valence-corrected chi connectivity index (χ1v) is 9.14. The Morgan fingerprint density at radius 1 is 1.24 bits per heavy atom. The lowest BCUT2D eigenvalue weighted by molar-refractivity contribution is 0.327. The Hall–Kier alpha value is -0.830. The molecule has 118 valence electrons. The van der Waals surface area contributed by atoms with Gasteiger partial charge >= 0.3 is 0 Å². The minimum atomic E-state index is 0.671. The lowest BCUT2D eigenvalue weighted by atomic mass is 9.96. The van der Waals surface area contributed by atoms with Gasteiger partial charge in [-0.15, -0.1) is 0 Å². The maximum atomic E-state index is 4.85. The van der Waals surface area contributed by atoms with Gasteiger partial charge in [-0.25, -0.2) is 0 Å². The summed E-state index contributed by atoms with van der Waals surface area (Å²) < 4.78 is 2.25. The minimum Gasteiger partial charge on any atom is -0.314 e. The van der Waals surface area contributed by atoms with Gasteiger partial charge in [-0.05, 0) is 63.5 Å². The fourth-order valence-corrected chi connectivity index (χ4v) is 3.70. The molecule has 0 amide bonds. The molecule has 0 radical (unpaired) electrons. The van der Waals surface area contributed by atoms with Crippen molar-refractivity contribution < 1.29 is 0 Å². The van der Waals surface area contributed by atoms with E-state index in [2.05, 4.69) is 29.2 Å². The summed E-state index contributed by atoms with van der Waals surface area (Å²) >= 11 is 0. The number of aryl methyl sites for hydroxylation is 1. The van der Waals surface area contributed by atoms with Gasteiger partial charge in [-0.2, -0.15) is 5.10 Å². The van der Waals surface area contributed by atoms with Crippen molar-refractivity contribution in [1.29, 1.82) is 0 Å². The van der Waals surface area contributed by atoms with E-state index in [4.69, 9.17) is 5.10 Å². The van der Waals surface area contributed by atoms with Gasteiger partial charge in [0.25, 0.3) is 0 Å². The molecular weight excluding hydrogens is 258 g/mol. The van der Waals surface area contributed by atoms with Gasteiger partial charge < -0.3 is 5.32 Å². The summed E-state index contributed by atoms with van der Waals surface area (Å²) in [5.74, 6) is 0.942. The number of nitrogens with one attached hydrogen (secondary N) is 1. The zero-order chi connectivity index (χ0) is 14.5. The Morgan fingerprint density at radius 3 is 2.76 bits per heavy atom. The van der Waals surface area contributed by atoms with E-state index in [1.165, 1.54) is 63.5 Å². The van der Waals surface area contributed by atoms with Gasteiger partial charge in [0.05, 0.1) is 11.7 Å². The zero-order valence-electron chi connectivity index (χ0n) is 13.6. The fourth-order valence-electron chi connectivity index (χ4n) is 3.70. The third-order valence-electron chi connectivity index (χ3n) is 5.17. The average molecular weight is 289 g/mol. The predicted octanol–water partition coefficient (Wildman–Crippen LogP) is 4.10. The molecule has 1 aromatic heterocycles. The number of nitrogens with zero attached hydrogens (tertiary/aromatic N) is 2. The standard InChI is InChI=1S/C18H31N3/c1-2-13-19-18(15-8-9-15)11-10-16-12-14-21(20-16)17-6-4-3-5-7-17/h12,14-15,17-19H,2-11,13H2,1H3. The normalized spacial score (nSPS) is 21.6. The van der Waals surface area contributed by atoms with Crippen molar-refractivity contribution in [2.45, 2.75) is 83.2 Å². The Kier molecular flexibility index (Phi) is 5.34. The lowest BCUT2D eigenvalue weighted by Crippen LogP contribution is -2.32. The van der Waals surface area contributed by atoms with Crippen molar-refractivity contribution in [3.8, 4) is 0 Å². The topological polar surface area (TPSA) is 29.9 Å². The molecule has 1 atom stereocenters. The Morgan fingerprint density at radius 2 is 2.05 bits per heavy atom. The second-order valence-corrected chi connectivity index (χ2v) is 7.02. The third kappa shape index (κ3) is 4.32. The molecule has 3 nitrogen and oxygen atoms in total. The van der Waals surface area contributed by atoms with Crippen LogP contribution in [-0.2, 0) is 6.42 Å². The molecule has 1 aromatic rings. The zero-order valence-corrected chi connectivity index (χ0v) is 13.6. The van der Waals surface area contributed by atoms with Crippen LogP contribution in [0.4, 0.5) is 0 Å². The SMILES string of the molecule is CCCNC(CCc1ccn(C2CCCCC2)n1)C1CC1. The molecule has 2 saturated carbocycles. The summed E-state index contributed by atoms with van der Waals surface area (Å²) in [6.45, 7) is 3.42. The maximum Gasteiger partial charge on any atom is 0.0625 e. The highest BCUT2D eigenvalue weighted by Gasteiger charge is 2.30. The van der Waals surface area contributed by atoms with Crippen LogP contribution < -0.4 is 5.32 Å². The van der Waals surface area contributed by atoms with E-state index >= 15 is 0 Å². The monoisotopic (exact) mass is 289 g/mol. The number of hydrogen-bond donors (Lipinski definition) is 1. The van der Waals surface area contributed by atoms with E-state index in [-0.39, 0.29) is 0 Å². The maximum absolute atomic E-state index is 4.85. The van der Waals surface area contributed by atoms with Gasteiger partial charge in [0.15, 0.2) is 0 Å².